The number of amides is 1. The van der Waals surface area contributed by atoms with Crippen molar-refractivity contribution in [2.24, 2.45) is 0 Å². The maximum absolute atomic E-state index is 12.8. The van der Waals surface area contributed by atoms with Crippen molar-refractivity contribution >= 4 is 16.9 Å². The first-order valence-electron chi connectivity index (χ1n) is 8.75. The molecular formula is C19H19N7O. The smallest absolute Gasteiger partial charge is 0.245 e. The van der Waals surface area contributed by atoms with E-state index >= 15 is 0 Å². The van der Waals surface area contributed by atoms with E-state index in [4.69, 9.17) is 0 Å². The van der Waals surface area contributed by atoms with Gasteiger partial charge in [0.15, 0.2) is 0 Å². The summed E-state index contributed by atoms with van der Waals surface area (Å²) < 4.78 is 3.52. The molecule has 0 saturated carbocycles. The predicted octanol–water partition coefficient (Wildman–Crippen LogP) is 1.62. The number of imidazole rings is 1. The Balaban J connectivity index is 1.42. The Bertz CT molecular complexity index is 1010. The second kappa shape index (κ2) is 7.77. The monoisotopic (exact) mass is 361 g/mol. The van der Waals surface area contributed by atoms with Crippen LogP contribution in [0.25, 0.3) is 11.0 Å². The summed E-state index contributed by atoms with van der Waals surface area (Å²) in [6, 6.07) is 17.3. The average Bonchev–Trinajstić information content (AvgIpc) is 3.37. The molecule has 4 aromatic rings. The first-order valence-corrected chi connectivity index (χ1v) is 8.75. The Morgan fingerprint density at radius 3 is 2.67 bits per heavy atom. The first-order chi connectivity index (χ1) is 13.3. The van der Waals surface area contributed by atoms with Crippen molar-refractivity contribution in [2.45, 2.75) is 19.0 Å². The van der Waals surface area contributed by atoms with Gasteiger partial charge in [-0.2, -0.15) is 0 Å². The lowest BCUT2D eigenvalue weighted by molar-refractivity contribution is -0.124. The number of aromatic nitrogens is 6. The molecule has 0 aliphatic heterocycles. The maximum atomic E-state index is 12.8. The molecule has 8 heteroatoms. The van der Waals surface area contributed by atoms with Gasteiger partial charge in [-0.05, 0) is 28.1 Å². The lowest BCUT2D eigenvalue weighted by Crippen LogP contribution is -2.36. The summed E-state index contributed by atoms with van der Waals surface area (Å²) >= 11 is 0. The number of tetrazole rings is 1. The molecule has 1 amide bonds. The molecule has 1 N–H and O–H groups in total. The van der Waals surface area contributed by atoms with Crippen molar-refractivity contribution in [3.8, 4) is 0 Å². The maximum Gasteiger partial charge on any atom is 0.245 e. The van der Waals surface area contributed by atoms with Crippen molar-refractivity contribution in [2.75, 3.05) is 6.54 Å². The highest BCUT2D eigenvalue weighted by Crippen LogP contribution is 2.14. The third kappa shape index (κ3) is 3.84. The molecule has 27 heavy (non-hydrogen) atoms. The van der Waals surface area contributed by atoms with Crippen LogP contribution in [0.1, 0.15) is 11.6 Å². The van der Waals surface area contributed by atoms with Gasteiger partial charge in [-0.15, -0.1) is 5.10 Å². The van der Waals surface area contributed by atoms with Gasteiger partial charge in [-0.1, -0.05) is 42.5 Å². The molecule has 0 spiro atoms. The van der Waals surface area contributed by atoms with Gasteiger partial charge in [-0.3, -0.25) is 4.79 Å². The van der Waals surface area contributed by atoms with E-state index in [9.17, 15) is 4.79 Å². The van der Waals surface area contributed by atoms with Gasteiger partial charge in [0.25, 0.3) is 0 Å². The zero-order chi connectivity index (χ0) is 18.5. The van der Waals surface area contributed by atoms with Gasteiger partial charge in [0.1, 0.15) is 12.4 Å². The van der Waals surface area contributed by atoms with Crippen LogP contribution in [0.15, 0.2) is 67.3 Å². The number of hydrogen-bond acceptors (Lipinski definition) is 5. The minimum atomic E-state index is -0.498. The molecule has 2 aromatic heterocycles. The number of benzene rings is 2. The van der Waals surface area contributed by atoms with Gasteiger partial charge >= 0.3 is 0 Å². The van der Waals surface area contributed by atoms with Crippen molar-refractivity contribution in [1.29, 1.82) is 0 Å². The Hall–Kier alpha value is -3.55. The number of hydrogen-bond donors (Lipinski definition) is 1. The van der Waals surface area contributed by atoms with Crippen molar-refractivity contribution in [3.63, 3.8) is 0 Å². The van der Waals surface area contributed by atoms with Gasteiger partial charge in [0.2, 0.25) is 5.91 Å². The van der Waals surface area contributed by atoms with E-state index in [0.717, 1.165) is 16.6 Å². The number of carbonyl (C=O) groups is 1. The van der Waals surface area contributed by atoms with Crippen molar-refractivity contribution in [3.05, 3.63) is 72.8 Å². The molecule has 2 aromatic carbocycles. The molecule has 136 valence electrons. The second-order valence-corrected chi connectivity index (χ2v) is 6.21. The van der Waals surface area contributed by atoms with Crippen LogP contribution >= 0.6 is 0 Å². The highest BCUT2D eigenvalue weighted by atomic mass is 16.2. The number of rotatable bonds is 7. The molecule has 4 rings (SSSR count). The molecule has 0 bridgehead atoms. The second-order valence-electron chi connectivity index (χ2n) is 6.21. The lowest BCUT2D eigenvalue weighted by atomic mass is 10.1. The molecule has 0 saturated heterocycles. The predicted molar refractivity (Wildman–Crippen MR) is 99.7 cm³/mol. The fourth-order valence-electron chi connectivity index (χ4n) is 3.06. The van der Waals surface area contributed by atoms with Crippen LogP contribution in [0.4, 0.5) is 0 Å². The summed E-state index contributed by atoms with van der Waals surface area (Å²) in [7, 11) is 0. The van der Waals surface area contributed by atoms with Crippen LogP contribution in [0.5, 0.6) is 0 Å². The van der Waals surface area contributed by atoms with E-state index in [1.165, 1.54) is 11.0 Å². The molecule has 2 heterocycles. The average molecular weight is 361 g/mol. The molecule has 0 aliphatic carbocycles. The molecular weight excluding hydrogens is 342 g/mol. The summed E-state index contributed by atoms with van der Waals surface area (Å²) in [6.07, 6.45) is 3.78. The number of nitrogens with one attached hydrogen (secondary N) is 1. The number of para-hydroxylation sites is 2. The van der Waals surface area contributed by atoms with Crippen LogP contribution in [-0.2, 0) is 17.8 Å². The van der Waals surface area contributed by atoms with Crippen molar-refractivity contribution < 1.29 is 4.79 Å². The number of fused-ring (bicyclic) bond motifs is 1. The quantitative estimate of drug-likeness (QED) is 0.540. The minimum Gasteiger partial charge on any atom is -0.352 e. The Labute approximate surface area is 155 Å². The van der Waals surface area contributed by atoms with Crippen molar-refractivity contribution in [1.82, 2.24) is 35.1 Å². The SMILES string of the molecule is O=C(NCCn1cnc2ccccc21)C(Cc1ccccc1)n1cnnn1. The summed E-state index contributed by atoms with van der Waals surface area (Å²) in [4.78, 5) is 17.2. The Morgan fingerprint density at radius 1 is 1.04 bits per heavy atom. The molecule has 0 fully saturated rings. The molecule has 1 unspecified atom stereocenters. The van der Waals surface area contributed by atoms with Gasteiger partial charge in [0.05, 0.1) is 17.4 Å². The van der Waals surface area contributed by atoms with E-state index in [1.54, 1.807) is 6.33 Å². The normalized spacial score (nSPS) is 12.1. The molecule has 1 atom stereocenters. The third-order valence-corrected chi connectivity index (χ3v) is 4.44. The van der Waals surface area contributed by atoms with Crippen LogP contribution in [0.2, 0.25) is 0 Å². The fraction of sp³-hybridized carbons (Fsp3) is 0.211. The summed E-state index contributed by atoms with van der Waals surface area (Å²) in [5.41, 5.74) is 3.04. The van der Waals surface area contributed by atoms with E-state index < -0.39 is 6.04 Å². The molecule has 8 nitrogen and oxygen atoms in total. The number of nitrogens with zero attached hydrogens (tertiary/aromatic N) is 6. The standard InChI is InChI=1S/C19H19N7O/c27-19(20-10-11-25-13-21-16-8-4-5-9-17(16)25)18(26-14-22-23-24-26)12-15-6-2-1-3-7-15/h1-9,13-14,18H,10-12H2,(H,20,27). The minimum absolute atomic E-state index is 0.115. The Morgan fingerprint density at radius 2 is 1.85 bits per heavy atom. The van der Waals surface area contributed by atoms with E-state index in [2.05, 4.69) is 25.8 Å². The van der Waals surface area contributed by atoms with Crippen LogP contribution in [0, 0.1) is 0 Å². The fourth-order valence-corrected chi connectivity index (χ4v) is 3.06. The largest absolute Gasteiger partial charge is 0.352 e. The third-order valence-electron chi connectivity index (χ3n) is 4.44. The molecule has 0 aliphatic rings. The van der Waals surface area contributed by atoms with Crippen LogP contribution in [-0.4, -0.2) is 42.2 Å². The van der Waals surface area contributed by atoms with Gasteiger partial charge < -0.3 is 9.88 Å². The number of carbonyl (C=O) groups excluding carboxylic acids is 1. The van der Waals surface area contributed by atoms with Crippen LogP contribution < -0.4 is 5.32 Å². The van der Waals surface area contributed by atoms with E-state index in [1.807, 2.05) is 59.2 Å². The first kappa shape index (κ1) is 16.9. The summed E-state index contributed by atoms with van der Waals surface area (Å²) in [6.45, 7) is 1.13. The topological polar surface area (TPSA) is 90.5 Å². The summed E-state index contributed by atoms with van der Waals surface area (Å²) in [5, 5.41) is 14.2. The highest BCUT2D eigenvalue weighted by molar-refractivity contribution is 5.80. The van der Waals surface area contributed by atoms with Crippen LogP contribution in [0.3, 0.4) is 0 Å². The van der Waals surface area contributed by atoms with E-state index in [0.29, 0.717) is 19.5 Å². The zero-order valence-corrected chi connectivity index (χ0v) is 14.6. The van der Waals surface area contributed by atoms with Gasteiger partial charge in [-0.25, -0.2) is 9.67 Å². The highest BCUT2D eigenvalue weighted by Gasteiger charge is 2.22. The lowest BCUT2D eigenvalue weighted by Gasteiger charge is -2.16. The van der Waals surface area contributed by atoms with E-state index in [-0.39, 0.29) is 5.91 Å². The zero-order valence-electron chi connectivity index (χ0n) is 14.6. The Kier molecular flexibility index (Phi) is 4.86. The molecule has 0 radical (unpaired) electrons. The van der Waals surface area contributed by atoms with Gasteiger partial charge in [0, 0.05) is 19.5 Å². The summed E-state index contributed by atoms with van der Waals surface area (Å²) in [5.74, 6) is -0.115.